The van der Waals surface area contributed by atoms with Gasteiger partial charge in [0.2, 0.25) is 0 Å². The first kappa shape index (κ1) is 13.6. The third kappa shape index (κ3) is 2.62. The summed E-state index contributed by atoms with van der Waals surface area (Å²) in [6.45, 7) is 7.02. The average molecular weight is 259 g/mol. The molecule has 4 nitrogen and oxygen atoms in total. The van der Waals surface area contributed by atoms with Crippen molar-refractivity contribution in [2.75, 3.05) is 6.54 Å². The topological polar surface area (TPSA) is 56.2 Å². The number of nitrogens with zero attached hydrogens (tertiary/aromatic N) is 1. The number of hydrogen-bond acceptors (Lipinski definition) is 2. The number of amides is 2. The molecule has 1 aliphatic heterocycles. The van der Waals surface area contributed by atoms with Gasteiger partial charge in [-0.3, -0.25) is 10.7 Å². The molecule has 0 aliphatic carbocycles. The molecule has 1 aliphatic rings. The summed E-state index contributed by atoms with van der Waals surface area (Å²) in [5, 5.41) is 10.6. The molecule has 0 spiro atoms. The predicted molar refractivity (Wildman–Crippen MR) is 76.5 cm³/mol. The van der Waals surface area contributed by atoms with Gasteiger partial charge in [0, 0.05) is 6.54 Å². The van der Waals surface area contributed by atoms with Crippen LogP contribution >= 0.6 is 0 Å². The summed E-state index contributed by atoms with van der Waals surface area (Å²) >= 11 is 0. The maximum Gasteiger partial charge on any atom is 0.323 e. The fourth-order valence-electron chi connectivity index (χ4n) is 2.41. The molecule has 102 valence electrons. The van der Waals surface area contributed by atoms with E-state index in [0.29, 0.717) is 12.5 Å². The van der Waals surface area contributed by atoms with Gasteiger partial charge in [0.1, 0.15) is 11.9 Å². The summed E-state index contributed by atoms with van der Waals surface area (Å²) in [6.07, 6.45) is 0.890. The zero-order valence-corrected chi connectivity index (χ0v) is 11.7. The van der Waals surface area contributed by atoms with Gasteiger partial charge in [0.25, 0.3) is 0 Å². The van der Waals surface area contributed by atoms with Crippen LogP contribution in [0.25, 0.3) is 0 Å². The van der Waals surface area contributed by atoms with Crippen molar-refractivity contribution in [2.45, 2.75) is 39.2 Å². The highest BCUT2D eigenvalue weighted by Crippen LogP contribution is 2.27. The molecule has 1 fully saturated rings. The highest BCUT2D eigenvalue weighted by molar-refractivity contribution is 6.05. The van der Waals surface area contributed by atoms with Gasteiger partial charge in [-0.2, -0.15) is 0 Å². The second-order valence-electron chi connectivity index (χ2n) is 5.26. The molecule has 0 radical (unpaired) electrons. The Hall–Kier alpha value is -1.84. The minimum Gasteiger partial charge on any atom is -0.310 e. The van der Waals surface area contributed by atoms with E-state index in [1.54, 1.807) is 4.90 Å². The van der Waals surface area contributed by atoms with Crippen LogP contribution in [-0.2, 0) is 0 Å². The van der Waals surface area contributed by atoms with Crippen molar-refractivity contribution < 1.29 is 4.79 Å². The second kappa shape index (κ2) is 5.43. The van der Waals surface area contributed by atoms with Crippen molar-refractivity contribution >= 4 is 11.9 Å². The molecule has 0 aromatic heterocycles. The zero-order valence-electron chi connectivity index (χ0n) is 11.7. The fourth-order valence-corrected chi connectivity index (χ4v) is 2.41. The van der Waals surface area contributed by atoms with E-state index in [9.17, 15) is 4.79 Å². The minimum absolute atomic E-state index is 0.162. The SMILES string of the molecule is CCCN1C(=O)NC(=N)C1c1ccc(C(C)C)cc1. The molecule has 2 N–H and O–H groups in total. The quantitative estimate of drug-likeness (QED) is 0.856. The number of amidine groups is 1. The third-order valence-electron chi connectivity index (χ3n) is 3.47. The van der Waals surface area contributed by atoms with Crippen LogP contribution in [0, 0.1) is 5.41 Å². The van der Waals surface area contributed by atoms with Gasteiger partial charge in [-0.25, -0.2) is 4.79 Å². The van der Waals surface area contributed by atoms with Crippen molar-refractivity contribution in [2.24, 2.45) is 0 Å². The van der Waals surface area contributed by atoms with Crippen molar-refractivity contribution in [3.05, 3.63) is 35.4 Å². The van der Waals surface area contributed by atoms with Gasteiger partial charge in [0.05, 0.1) is 0 Å². The number of carbonyl (C=O) groups excluding carboxylic acids is 1. The van der Waals surface area contributed by atoms with Crippen LogP contribution < -0.4 is 5.32 Å². The van der Waals surface area contributed by atoms with E-state index < -0.39 is 0 Å². The first-order chi connectivity index (χ1) is 9.04. The predicted octanol–water partition coefficient (Wildman–Crippen LogP) is 3.26. The Morgan fingerprint density at radius 3 is 2.47 bits per heavy atom. The van der Waals surface area contributed by atoms with Crippen molar-refractivity contribution in [1.82, 2.24) is 10.2 Å². The number of rotatable bonds is 4. The smallest absolute Gasteiger partial charge is 0.310 e. The van der Waals surface area contributed by atoms with Crippen LogP contribution in [0.5, 0.6) is 0 Å². The lowest BCUT2D eigenvalue weighted by Gasteiger charge is -2.22. The summed E-state index contributed by atoms with van der Waals surface area (Å²) in [7, 11) is 0. The average Bonchev–Trinajstić information content (AvgIpc) is 2.65. The summed E-state index contributed by atoms with van der Waals surface area (Å²) < 4.78 is 0. The molecule has 1 saturated heterocycles. The van der Waals surface area contributed by atoms with Crippen LogP contribution in [0.2, 0.25) is 0 Å². The Kier molecular flexibility index (Phi) is 3.88. The van der Waals surface area contributed by atoms with Crippen LogP contribution in [-0.4, -0.2) is 23.3 Å². The first-order valence-electron chi connectivity index (χ1n) is 6.80. The summed E-state index contributed by atoms with van der Waals surface area (Å²) in [6, 6.07) is 7.80. The molecule has 1 heterocycles. The summed E-state index contributed by atoms with van der Waals surface area (Å²) in [4.78, 5) is 13.5. The molecule has 1 aromatic carbocycles. The highest BCUT2D eigenvalue weighted by atomic mass is 16.2. The molecular weight excluding hydrogens is 238 g/mol. The standard InChI is InChI=1S/C15H21N3O/c1-4-9-18-13(14(16)17-15(18)19)12-7-5-11(6-8-12)10(2)3/h5-8,10,13H,4,9H2,1-3H3,(H2,16,17,19). The molecule has 19 heavy (non-hydrogen) atoms. The maximum atomic E-state index is 11.8. The van der Waals surface area contributed by atoms with E-state index in [1.165, 1.54) is 5.56 Å². The van der Waals surface area contributed by atoms with E-state index in [4.69, 9.17) is 5.41 Å². The largest absolute Gasteiger partial charge is 0.323 e. The number of hydrogen-bond donors (Lipinski definition) is 2. The van der Waals surface area contributed by atoms with Gasteiger partial charge in [-0.1, -0.05) is 45.0 Å². The van der Waals surface area contributed by atoms with Crippen LogP contribution in [0.3, 0.4) is 0 Å². The zero-order chi connectivity index (χ0) is 14.0. The van der Waals surface area contributed by atoms with Crippen LogP contribution in [0.1, 0.15) is 50.3 Å². The lowest BCUT2D eigenvalue weighted by atomic mass is 9.98. The minimum atomic E-state index is -0.256. The molecule has 1 atom stereocenters. The van der Waals surface area contributed by atoms with Gasteiger partial charge in [-0.15, -0.1) is 0 Å². The molecular formula is C15H21N3O. The normalized spacial score (nSPS) is 19.2. The van der Waals surface area contributed by atoms with E-state index in [1.807, 2.05) is 19.1 Å². The first-order valence-corrected chi connectivity index (χ1v) is 6.80. The van der Waals surface area contributed by atoms with Crippen LogP contribution in [0.4, 0.5) is 4.79 Å². The van der Waals surface area contributed by atoms with Gasteiger partial charge < -0.3 is 4.90 Å². The third-order valence-corrected chi connectivity index (χ3v) is 3.47. The lowest BCUT2D eigenvalue weighted by molar-refractivity contribution is 0.206. The number of benzene rings is 1. The maximum absolute atomic E-state index is 11.8. The molecule has 2 amide bonds. The summed E-state index contributed by atoms with van der Waals surface area (Å²) in [5.41, 5.74) is 2.27. The monoisotopic (exact) mass is 259 g/mol. The summed E-state index contributed by atoms with van der Waals surface area (Å²) in [5.74, 6) is 0.763. The number of carbonyl (C=O) groups is 1. The second-order valence-corrected chi connectivity index (χ2v) is 5.26. The Bertz CT molecular complexity index is 479. The van der Waals surface area contributed by atoms with E-state index in [0.717, 1.165) is 12.0 Å². The van der Waals surface area contributed by atoms with Crippen molar-refractivity contribution in [3.8, 4) is 0 Å². The molecule has 4 heteroatoms. The number of nitrogens with one attached hydrogen (secondary N) is 2. The van der Waals surface area contributed by atoms with E-state index in [2.05, 4.69) is 31.3 Å². The Balaban J connectivity index is 2.28. The Morgan fingerprint density at radius 1 is 1.32 bits per heavy atom. The molecule has 1 unspecified atom stereocenters. The van der Waals surface area contributed by atoms with Crippen molar-refractivity contribution in [1.29, 1.82) is 5.41 Å². The molecule has 1 aromatic rings. The van der Waals surface area contributed by atoms with Gasteiger partial charge in [0.15, 0.2) is 0 Å². The Labute approximate surface area is 114 Å². The molecule has 2 rings (SSSR count). The molecule has 0 saturated carbocycles. The van der Waals surface area contributed by atoms with Crippen LogP contribution in [0.15, 0.2) is 24.3 Å². The van der Waals surface area contributed by atoms with E-state index in [-0.39, 0.29) is 17.9 Å². The number of urea groups is 1. The fraction of sp³-hybridized carbons (Fsp3) is 0.467. The highest BCUT2D eigenvalue weighted by Gasteiger charge is 2.35. The van der Waals surface area contributed by atoms with E-state index >= 15 is 0 Å². The van der Waals surface area contributed by atoms with Crippen molar-refractivity contribution in [3.63, 3.8) is 0 Å². The van der Waals surface area contributed by atoms with Gasteiger partial charge in [-0.05, 0) is 23.5 Å². The Morgan fingerprint density at radius 2 is 1.95 bits per heavy atom. The van der Waals surface area contributed by atoms with Gasteiger partial charge >= 0.3 is 6.03 Å². The lowest BCUT2D eigenvalue weighted by Crippen LogP contribution is -2.30. The molecule has 0 bridgehead atoms.